The highest BCUT2D eigenvalue weighted by atomic mass is 32.1. The summed E-state index contributed by atoms with van der Waals surface area (Å²) in [6.45, 7) is 8.09. The molecule has 3 rings (SSSR count). The third-order valence-corrected chi connectivity index (χ3v) is 6.75. The first-order chi connectivity index (χ1) is 15.8. The fraction of sp³-hybridized carbons (Fsp3) is 0.375. The number of nitrogens with one attached hydrogen (secondary N) is 1. The minimum Gasteiger partial charge on any atom is -0.494 e. The summed E-state index contributed by atoms with van der Waals surface area (Å²) in [4.78, 5) is 30.9. The van der Waals surface area contributed by atoms with Crippen LogP contribution in [0.2, 0.25) is 0 Å². The first-order valence-corrected chi connectivity index (χ1v) is 12.4. The molecule has 9 heteroatoms. The van der Waals surface area contributed by atoms with E-state index in [4.69, 9.17) is 9.47 Å². The Hall–Kier alpha value is -2.75. The normalized spacial score (nSPS) is 12.0. The fourth-order valence-electron chi connectivity index (χ4n) is 3.30. The van der Waals surface area contributed by atoms with Crippen molar-refractivity contribution in [2.24, 2.45) is 0 Å². The Morgan fingerprint density at radius 3 is 2.67 bits per heavy atom. The number of benzene rings is 1. The van der Waals surface area contributed by atoms with Crippen molar-refractivity contribution < 1.29 is 24.2 Å². The van der Waals surface area contributed by atoms with Crippen LogP contribution in [0, 0.1) is 6.92 Å². The number of amides is 1. The molecule has 2 heterocycles. The standard InChI is InChI=1S/C24H28N2O5S2/c1-5-30-18-9-8-16(12-19(24(28)29)31-14(2)3)11-17(18)13-25-22(27)21-15(4)33-23(26-21)20-7-6-10-32-20/h6-11,14,19H,5,12-13H2,1-4H3,(H,25,27)(H,28,29). The van der Waals surface area contributed by atoms with Crippen LogP contribution in [0.3, 0.4) is 0 Å². The monoisotopic (exact) mass is 488 g/mol. The molecule has 0 spiro atoms. The molecule has 7 nitrogen and oxygen atoms in total. The lowest BCUT2D eigenvalue weighted by Crippen LogP contribution is -2.29. The minimum atomic E-state index is -1.01. The number of rotatable bonds is 11. The van der Waals surface area contributed by atoms with Crippen molar-refractivity contribution in [3.63, 3.8) is 0 Å². The van der Waals surface area contributed by atoms with E-state index in [-0.39, 0.29) is 25.0 Å². The van der Waals surface area contributed by atoms with Gasteiger partial charge in [0.05, 0.1) is 17.6 Å². The molecule has 0 radical (unpaired) electrons. The van der Waals surface area contributed by atoms with E-state index in [2.05, 4.69) is 10.3 Å². The van der Waals surface area contributed by atoms with Gasteiger partial charge in [0.15, 0.2) is 6.10 Å². The highest BCUT2D eigenvalue weighted by Gasteiger charge is 2.21. The van der Waals surface area contributed by atoms with E-state index in [1.807, 2.05) is 43.5 Å². The molecule has 3 aromatic rings. The SMILES string of the molecule is CCOc1ccc(CC(OC(C)C)C(=O)O)cc1CNC(=O)c1nc(-c2cccs2)sc1C. The van der Waals surface area contributed by atoms with Gasteiger partial charge in [-0.05, 0) is 50.8 Å². The summed E-state index contributed by atoms with van der Waals surface area (Å²) in [6.07, 6.45) is -0.928. The number of thiophene rings is 1. The lowest BCUT2D eigenvalue weighted by molar-refractivity contribution is -0.153. The smallest absolute Gasteiger partial charge is 0.333 e. The third kappa shape index (κ3) is 6.63. The van der Waals surface area contributed by atoms with E-state index in [0.29, 0.717) is 18.1 Å². The Labute approximate surface area is 201 Å². The highest BCUT2D eigenvalue weighted by Crippen LogP contribution is 2.31. The van der Waals surface area contributed by atoms with E-state index in [0.717, 1.165) is 25.9 Å². The van der Waals surface area contributed by atoms with E-state index in [9.17, 15) is 14.7 Å². The number of carbonyl (C=O) groups excluding carboxylic acids is 1. The number of carboxylic acids is 1. The maximum Gasteiger partial charge on any atom is 0.333 e. The molecule has 1 amide bonds. The number of aromatic nitrogens is 1. The van der Waals surface area contributed by atoms with E-state index in [1.54, 1.807) is 31.3 Å². The Balaban J connectivity index is 1.75. The molecule has 176 valence electrons. The molecule has 2 aromatic heterocycles. The summed E-state index contributed by atoms with van der Waals surface area (Å²) in [5.74, 6) is -0.619. The van der Waals surface area contributed by atoms with Gasteiger partial charge >= 0.3 is 5.97 Å². The summed E-state index contributed by atoms with van der Waals surface area (Å²) in [6, 6.07) is 9.43. The summed E-state index contributed by atoms with van der Waals surface area (Å²) < 4.78 is 11.2. The minimum absolute atomic E-state index is 0.201. The quantitative estimate of drug-likeness (QED) is 0.397. The van der Waals surface area contributed by atoms with Crippen LogP contribution in [0.1, 0.15) is 47.3 Å². The molecule has 0 fully saturated rings. The average molecular weight is 489 g/mol. The Kier molecular flexibility index (Phi) is 8.60. The van der Waals surface area contributed by atoms with Crippen molar-refractivity contribution in [1.29, 1.82) is 0 Å². The van der Waals surface area contributed by atoms with Gasteiger partial charge < -0.3 is 19.9 Å². The second-order valence-corrected chi connectivity index (χ2v) is 9.83. The number of carbonyl (C=O) groups is 2. The lowest BCUT2D eigenvalue weighted by atomic mass is 10.0. The van der Waals surface area contributed by atoms with Gasteiger partial charge in [0.1, 0.15) is 16.5 Å². The maximum absolute atomic E-state index is 12.9. The number of carboxylic acid groups (broad SMARTS) is 1. The van der Waals surface area contributed by atoms with Gasteiger partial charge in [0, 0.05) is 23.4 Å². The largest absolute Gasteiger partial charge is 0.494 e. The first-order valence-electron chi connectivity index (χ1n) is 10.7. The molecule has 1 atom stereocenters. The van der Waals surface area contributed by atoms with Crippen LogP contribution in [0.5, 0.6) is 5.75 Å². The fourth-order valence-corrected chi connectivity index (χ4v) is 5.01. The number of ether oxygens (including phenoxy) is 2. The molecule has 0 saturated heterocycles. The molecular formula is C24H28N2O5S2. The maximum atomic E-state index is 12.9. The Morgan fingerprint density at radius 1 is 1.24 bits per heavy atom. The van der Waals surface area contributed by atoms with Crippen LogP contribution in [-0.2, 0) is 22.5 Å². The summed E-state index contributed by atoms with van der Waals surface area (Å²) >= 11 is 3.08. The highest BCUT2D eigenvalue weighted by molar-refractivity contribution is 7.21. The second-order valence-electron chi connectivity index (χ2n) is 7.67. The van der Waals surface area contributed by atoms with Crippen LogP contribution in [0.15, 0.2) is 35.7 Å². The predicted molar refractivity (Wildman–Crippen MR) is 130 cm³/mol. The molecule has 0 bridgehead atoms. The first kappa shape index (κ1) is 24.9. The van der Waals surface area contributed by atoms with E-state index >= 15 is 0 Å². The summed E-state index contributed by atoms with van der Waals surface area (Å²) in [5, 5.41) is 15.2. The molecule has 1 unspecified atom stereocenters. The third-order valence-electron chi connectivity index (χ3n) is 4.74. The average Bonchev–Trinajstić information content (AvgIpc) is 3.42. The molecule has 0 aliphatic carbocycles. The Bertz CT molecular complexity index is 1090. The van der Waals surface area contributed by atoms with E-state index < -0.39 is 12.1 Å². The zero-order valence-corrected chi connectivity index (χ0v) is 20.7. The Morgan fingerprint density at radius 2 is 2.03 bits per heavy atom. The van der Waals surface area contributed by atoms with Crippen LogP contribution in [0.4, 0.5) is 0 Å². The second kappa shape index (κ2) is 11.4. The van der Waals surface area contributed by atoms with Gasteiger partial charge in [-0.3, -0.25) is 4.79 Å². The van der Waals surface area contributed by atoms with Gasteiger partial charge in [-0.1, -0.05) is 18.2 Å². The number of hydrogen-bond acceptors (Lipinski definition) is 7. The number of hydrogen-bond donors (Lipinski definition) is 2. The van der Waals surface area contributed by atoms with Gasteiger partial charge in [-0.15, -0.1) is 22.7 Å². The molecule has 1 aromatic carbocycles. The zero-order chi connectivity index (χ0) is 24.0. The van der Waals surface area contributed by atoms with Crippen molar-refractivity contribution in [3.05, 3.63) is 57.4 Å². The number of aryl methyl sites for hydroxylation is 1. The molecule has 33 heavy (non-hydrogen) atoms. The van der Waals surface area contributed by atoms with Crippen molar-refractivity contribution in [2.75, 3.05) is 6.61 Å². The zero-order valence-electron chi connectivity index (χ0n) is 19.1. The van der Waals surface area contributed by atoms with Gasteiger partial charge in [0.25, 0.3) is 5.91 Å². The van der Waals surface area contributed by atoms with Crippen molar-refractivity contribution in [3.8, 4) is 15.6 Å². The van der Waals surface area contributed by atoms with Crippen LogP contribution in [0.25, 0.3) is 9.88 Å². The molecule has 0 saturated carbocycles. The van der Waals surface area contributed by atoms with Crippen LogP contribution < -0.4 is 10.1 Å². The summed E-state index contributed by atoms with van der Waals surface area (Å²) in [5.41, 5.74) is 1.97. The van der Waals surface area contributed by atoms with Gasteiger partial charge in [0.2, 0.25) is 0 Å². The van der Waals surface area contributed by atoms with Crippen molar-refractivity contribution in [1.82, 2.24) is 10.3 Å². The number of nitrogens with zero attached hydrogens (tertiary/aromatic N) is 1. The molecule has 0 aliphatic rings. The van der Waals surface area contributed by atoms with Crippen molar-refractivity contribution in [2.45, 2.75) is 52.9 Å². The van der Waals surface area contributed by atoms with E-state index in [1.165, 1.54) is 11.3 Å². The predicted octanol–water partition coefficient (Wildman–Crippen LogP) is 4.93. The number of aliphatic carboxylic acids is 1. The van der Waals surface area contributed by atoms with Crippen LogP contribution in [-0.4, -0.2) is 40.8 Å². The van der Waals surface area contributed by atoms with Crippen LogP contribution >= 0.6 is 22.7 Å². The summed E-state index contributed by atoms with van der Waals surface area (Å²) in [7, 11) is 0. The van der Waals surface area contributed by atoms with Gasteiger partial charge in [-0.2, -0.15) is 0 Å². The van der Waals surface area contributed by atoms with Crippen molar-refractivity contribution >= 4 is 34.6 Å². The molecule has 0 aliphatic heterocycles. The lowest BCUT2D eigenvalue weighted by Gasteiger charge is -2.18. The van der Waals surface area contributed by atoms with Gasteiger partial charge in [-0.25, -0.2) is 9.78 Å². The topological polar surface area (TPSA) is 97.8 Å². The number of thiazole rings is 1. The molecular weight excluding hydrogens is 460 g/mol. The molecule has 2 N–H and O–H groups in total.